The first-order valence-corrected chi connectivity index (χ1v) is 7.77. The van der Waals surface area contributed by atoms with E-state index in [2.05, 4.69) is 6.92 Å². The van der Waals surface area contributed by atoms with Crippen molar-refractivity contribution in [2.24, 2.45) is 17.6 Å². The maximum Gasteiger partial charge on any atom is 0.124 e. The highest BCUT2D eigenvalue weighted by Crippen LogP contribution is 2.41. The van der Waals surface area contributed by atoms with Gasteiger partial charge in [-0.25, -0.2) is 0 Å². The molecule has 2 aliphatic rings. The minimum Gasteiger partial charge on any atom is -0.497 e. The number of hydrogen-bond donors (Lipinski definition) is 1. The quantitative estimate of drug-likeness (QED) is 0.895. The predicted octanol–water partition coefficient (Wildman–Crippen LogP) is 3.67. The van der Waals surface area contributed by atoms with Gasteiger partial charge in [0, 0.05) is 18.0 Å². The molecule has 0 saturated heterocycles. The third-order valence-corrected chi connectivity index (χ3v) is 4.97. The number of hydrogen-bond acceptors (Lipinski definition) is 3. The Morgan fingerprint density at radius 2 is 1.95 bits per heavy atom. The molecule has 0 amide bonds. The molecule has 0 spiro atoms. The third-order valence-electron chi connectivity index (χ3n) is 4.97. The van der Waals surface area contributed by atoms with Crippen LogP contribution in [-0.2, 0) is 0 Å². The number of nitrogens with two attached hydrogens (primary N) is 1. The van der Waals surface area contributed by atoms with Crippen molar-refractivity contribution < 1.29 is 9.47 Å². The summed E-state index contributed by atoms with van der Waals surface area (Å²) < 4.78 is 11.5. The van der Waals surface area contributed by atoms with Crippen LogP contribution in [-0.4, -0.2) is 13.2 Å². The second kappa shape index (κ2) is 5.65. The van der Waals surface area contributed by atoms with E-state index in [4.69, 9.17) is 15.2 Å². The molecule has 2 N–H and O–H groups in total. The van der Waals surface area contributed by atoms with Gasteiger partial charge < -0.3 is 15.2 Å². The van der Waals surface area contributed by atoms with E-state index in [-0.39, 0.29) is 6.04 Å². The van der Waals surface area contributed by atoms with Gasteiger partial charge in [-0.2, -0.15) is 0 Å². The van der Waals surface area contributed by atoms with Crippen molar-refractivity contribution in [2.75, 3.05) is 7.11 Å². The van der Waals surface area contributed by atoms with E-state index < -0.39 is 0 Å². The Hall–Kier alpha value is -1.22. The van der Waals surface area contributed by atoms with Gasteiger partial charge in [0.25, 0.3) is 0 Å². The lowest BCUT2D eigenvalue weighted by Gasteiger charge is -2.38. The van der Waals surface area contributed by atoms with Crippen LogP contribution in [0.2, 0.25) is 0 Å². The molecule has 1 aliphatic carbocycles. The maximum atomic E-state index is 6.36. The summed E-state index contributed by atoms with van der Waals surface area (Å²) in [5.41, 5.74) is 7.45. The Morgan fingerprint density at radius 1 is 1.20 bits per heavy atom. The van der Waals surface area contributed by atoms with Crippen LogP contribution in [0.4, 0.5) is 0 Å². The van der Waals surface area contributed by atoms with E-state index in [1.54, 1.807) is 7.11 Å². The number of fused-ring (bicyclic) bond motifs is 1. The topological polar surface area (TPSA) is 44.5 Å². The first-order chi connectivity index (χ1) is 9.67. The lowest BCUT2D eigenvalue weighted by atomic mass is 9.77. The Kier molecular flexibility index (Phi) is 3.88. The number of ether oxygens (including phenoxy) is 2. The smallest absolute Gasteiger partial charge is 0.124 e. The fourth-order valence-electron chi connectivity index (χ4n) is 3.59. The average molecular weight is 275 g/mol. The molecule has 0 radical (unpaired) electrons. The van der Waals surface area contributed by atoms with Crippen LogP contribution in [0, 0.1) is 11.8 Å². The Labute approximate surface area is 121 Å². The highest BCUT2D eigenvalue weighted by Gasteiger charge is 2.33. The molecule has 1 aromatic rings. The van der Waals surface area contributed by atoms with Crippen LogP contribution in [0.5, 0.6) is 11.5 Å². The largest absolute Gasteiger partial charge is 0.497 e. The van der Waals surface area contributed by atoms with Crippen LogP contribution in [0.3, 0.4) is 0 Å². The van der Waals surface area contributed by atoms with E-state index in [0.29, 0.717) is 12.0 Å². The minimum atomic E-state index is 0.0678. The summed E-state index contributed by atoms with van der Waals surface area (Å²) >= 11 is 0. The molecule has 1 fully saturated rings. The van der Waals surface area contributed by atoms with Gasteiger partial charge in [0.2, 0.25) is 0 Å². The zero-order chi connectivity index (χ0) is 14.1. The molecule has 0 bridgehead atoms. The highest BCUT2D eigenvalue weighted by molar-refractivity contribution is 5.43. The monoisotopic (exact) mass is 275 g/mol. The van der Waals surface area contributed by atoms with Crippen molar-refractivity contribution in [1.82, 2.24) is 0 Å². The summed E-state index contributed by atoms with van der Waals surface area (Å²) in [5.74, 6) is 3.36. The molecule has 1 saturated carbocycles. The molecule has 1 aliphatic heterocycles. The standard InChI is InChI=1S/C17H25NO2/c1-11-3-5-12(6-4-11)17-10-15(18)14-9-13(19-2)7-8-16(14)20-17/h7-9,11-12,15,17H,3-6,10,18H2,1-2H3/t11?,12?,15-,17?/m0/s1. The minimum absolute atomic E-state index is 0.0678. The molecule has 3 rings (SSSR count). The molecule has 1 aromatic carbocycles. The molecule has 3 heteroatoms. The summed E-state index contributed by atoms with van der Waals surface area (Å²) in [6.45, 7) is 2.35. The maximum absolute atomic E-state index is 6.36. The van der Waals surface area contributed by atoms with Gasteiger partial charge in [-0.1, -0.05) is 19.8 Å². The van der Waals surface area contributed by atoms with E-state index >= 15 is 0 Å². The van der Waals surface area contributed by atoms with Gasteiger partial charge in [-0.15, -0.1) is 0 Å². The molecule has 20 heavy (non-hydrogen) atoms. The predicted molar refractivity (Wildman–Crippen MR) is 80.1 cm³/mol. The van der Waals surface area contributed by atoms with Gasteiger partial charge in [-0.3, -0.25) is 0 Å². The lowest BCUT2D eigenvalue weighted by molar-refractivity contribution is 0.0702. The van der Waals surface area contributed by atoms with Crippen molar-refractivity contribution in [3.8, 4) is 11.5 Å². The molecule has 1 heterocycles. The van der Waals surface area contributed by atoms with Crippen LogP contribution in [0.1, 0.15) is 50.6 Å². The van der Waals surface area contributed by atoms with E-state index in [1.165, 1.54) is 25.7 Å². The van der Waals surface area contributed by atoms with E-state index in [9.17, 15) is 0 Å². The molecule has 3 nitrogen and oxygen atoms in total. The zero-order valence-corrected chi connectivity index (χ0v) is 12.5. The van der Waals surface area contributed by atoms with E-state index in [0.717, 1.165) is 29.4 Å². The first kappa shape index (κ1) is 13.7. The van der Waals surface area contributed by atoms with Crippen LogP contribution >= 0.6 is 0 Å². The fourth-order valence-corrected chi connectivity index (χ4v) is 3.59. The van der Waals surface area contributed by atoms with Crippen LogP contribution in [0.15, 0.2) is 18.2 Å². The Morgan fingerprint density at radius 3 is 2.65 bits per heavy atom. The summed E-state index contributed by atoms with van der Waals surface area (Å²) in [4.78, 5) is 0. The highest BCUT2D eigenvalue weighted by atomic mass is 16.5. The van der Waals surface area contributed by atoms with Crippen molar-refractivity contribution >= 4 is 0 Å². The second-order valence-corrected chi connectivity index (χ2v) is 6.42. The van der Waals surface area contributed by atoms with Gasteiger partial charge in [0.1, 0.15) is 17.6 Å². The van der Waals surface area contributed by atoms with Crippen molar-refractivity contribution in [3.05, 3.63) is 23.8 Å². The lowest BCUT2D eigenvalue weighted by Crippen LogP contribution is -2.36. The summed E-state index contributed by atoms with van der Waals surface area (Å²) in [5, 5.41) is 0. The van der Waals surface area contributed by atoms with Crippen LogP contribution in [0.25, 0.3) is 0 Å². The van der Waals surface area contributed by atoms with Gasteiger partial charge >= 0.3 is 0 Å². The molecule has 1 unspecified atom stereocenters. The molecule has 2 atom stereocenters. The molecule has 110 valence electrons. The normalized spacial score (nSPS) is 33.1. The summed E-state index contributed by atoms with van der Waals surface area (Å²) in [6, 6.07) is 6.04. The Bertz CT molecular complexity index is 466. The summed E-state index contributed by atoms with van der Waals surface area (Å²) in [7, 11) is 1.68. The third kappa shape index (κ3) is 2.64. The molecule has 0 aromatic heterocycles. The first-order valence-electron chi connectivity index (χ1n) is 7.77. The van der Waals surface area contributed by atoms with Gasteiger partial charge in [0.05, 0.1) is 7.11 Å². The van der Waals surface area contributed by atoms with Crippen molar-refractivity contribution in [2.45, 2.75) is 51.2 Å². The van der Waals surface area contributed by atoms with Gasteiger partial charge in [-0.05, 0) is 42.9 Å². The number of benzene rings is 1. The average Bonchev–Trinajstić information content (AvgIpc) is 2.47. The number of rotatable bonds is 2. The Balaban J connectivity index is 1.75. The molecular formula is C17H25NO2. The van der Waals surface area contributed by atoms with Gasteiger partial charge in [0.15, 0.2) is 0 Å². The van der Waals surface area contributed by atoms with E-state index in [1.807, 2.05) is 18.2 Å². The van der Waals surface area contributed by atoms with Crippen molar-refractivity contribution in [1.29, 1.82) is 0 Å². The zero-order valence-electron chi connectivity index (χ0n) is 12.5. The number of methoxy groups -OCH3 is 1. The second-order valence-electron chi connectivity index (χ2n) is 6.42. The molecular weight excluding hydrogens is 250 g/mol. The van der Waals surface area contributed by atoms with Crippen molar-refractivity contribution in [3.63, 3.8) is 0 Å². The summed E-state index contributed by atoms with van der Waals surface area (Å²) in [6.07, 6.45) is 6.44. The van der Waals surface area contributed by atoms with Crippen LogP contribution < -0.4 is 15.2 Å². The SMILES string of the molecule is COc1ccc2c(c1)[C@@H](N)CC(C1CCC(C)CC1)O2. The fraction of sp³-hybridized carbons (Fsp3) is 0.647.